The maximum atomic E-state index is 4.80. The number of hydrogen-bond acceptors (Lipinski definition) is 1. The second-order valence-electron chi connectivity index (χ2n) is 1.45. The first kappa shape index (κ1) is 7.77. The van der Waals surface area contributed by atoms with Gasteiger partial charge in [-0.05, 0) is 0 Å². The summed E-state index contributed by atoms with van der Waals surface area (Å²) in [5, 5.41) is 0. The first-order valence-electron chi connectivity index (χ1n) is 1.78. The molecule has 0 bridgehead atoms. The van der Waals surface area contributed by atoms with Crippen LogP contribution >= 0.6 is 0 Å². The Morgan fingerprint density at radius 3 is 1.83 bits per heavy atom. The van der Waals surface area contributed by atoms with Crippen LogP contribution in [0.3, 0.4) is 0 Å². The molecule has 0 aromatic heterocycles. The fourth-order valence-corrected chi connectivity index (χ4v) is 0.306. The van der Waals surface area contributed by atoms with Crippen molar-refractivity contribution in [1.29, 1.82) is 0 Å². The zero-order valence-corrected chi connectivity index (χ0v) is 9.24. The van der Waals surface area contributed by atoms with Gasteiger partial charge >= 0.3 is 58.2 Å². The van der Waals surface area contributed by atoms with Crippen molar-refractivity contribution in [2.24, 2.45) is 0 Å². The average Bonchev–Trinajstić information content (AvgIpc) is 1.30. The average molecular weight is 157 g/mol. The van der Waals surface area contributed by atoms with Crippen LogP contribution < -0.4 is 58.2 Å². The van der Waals surface area contributed by atoms with Crippen LogP contribution in [0.2, 0.25) is 0 Å². The smallest absolute Gasteiger partial charge is 0.444 e. The van der Waals surface area contributed by atoms with Crippen LogP contribution in [-0.2, 0) is 4.74 Å². The minimum atomic E-state index is 0. The molecular formula is C4H7ORb. The molecule has 2 heteroatoms. The minimum absolute atomic E-state index is 0. The fourth-order valence-electron chi connectivity index (χ4n) is 0.306. The molecule has 0 radical (unpaired) electrons. The van der Waals surface area contributed by atoms with Crippen molar-refractivity contribution in [3.05, 3.63) is 5.92 Å². The largest absolute Gasteiger partial charge is 1.00 e. The van der Waals surface area contributed by atoms with Crippen LogP contribution in [0.15, 0.2) is 0 Å². The molecule has 30 valence electrons. The van der Waals surface area contributed by atoms with Gasteiger partial charge in [-0.3, -0.25) is 5.92 Å². The maximum absolute atomic E-state index is 4.80. The fraction of sp³-hybridized carbons (Fsp3) is 0.750. The van der Waals surface area contributed by atoms with Gasteiger partial charge in [-0.2, -0.15) is 6.92 Å². The summed E-state index contributed by atoms with van der Waals surface area (Å²) >= 11 is 0. The summed E-state index contributed by atoms with van der Waals surface area (Å²) in [5.74, 6) is 1.46. The van der Waals surface area contributed by atoms with Gasteiger partial charge in [0.05, 0.1) is 0 Å². The van der Waals surface area contributed by atoms with E-state index in [0.29, 0.717) is 0 Å². The Hall–Kier alpha value is 1.77. The van der Waals surface area contributed by atoms with Gasteiger partial charge in [0, 0.05) is 0 Å². The summed E-state index contributed by atoms with van der Waals surface area (Å²) < 4.78 is 4.80. The second kappa shape index (κ2) is 3.73. The topological polar surface area (TPSA) is 9.23 Å². The van der Waals surface area contributed by atoms with Crippen molar-refractivity contribution in [3.8, 4) is 0 Å². The Kier molecular flexibility index (Phi) is 4.83. The molecule has 0 amide bonds. The molecule has 0 aromatic rings. The standard InChI is InChI=1S/C4H7O.Rb/c1-4-2-5-3-4;/h2-3H2,1H3;/q-1;+1. The number of hydrogen-bond donors (Lipinski definition) is 0. The summed E-state index contributed by atoms with van der Waals surface area (Å²) in [7, 11) is 0. The minimum Gasteiger partial charge on any atom is -0.444 e. The molecule has 1 aliphatic rings. The van der Waals surface area contributed by atoms with Crippen molar-refractivity contribution in [1.82, 2.24) is 0 Å². The Labute approximate surface area is 87.2 Å². The second-order valence-corrected chi connectivity index (χ2v) is 1.45. The van der Waals surface area contributed by atoms with Crippen molar-refractivity contribution in [2.45, 2.75) is 6.92 Å². The Morgan fingerprint density at radius 2 is 1.83 bits per heavy atom. The SMILES string of the molecule is C[C-]1COC1.[Rb+]. The molecule has 1 saturated heterocycles. The van der Waals surface area contributed by atoms with Crippen molar-refractivity contribution in [2.75, 3.05) is 13.2 Å². The van der Waals surface area contributed by atoms with Gasteiger partial charge in [0.25, 0.3) is 0 Å². The molecule has 0 N–H and O–H groups in total. The molecule has 1 fully saturated rings. The molecule has 1 nitrogen and oxygen atoms in total. The molecule has 0 atom stereocenters. The van der Waals surface area contributed by atoms with E-state index in [9.17, 15) is 0 Å². The van der Waals surface area contributed by atoms with E-state index in [-0.39, 0.29) is 58.2 Å². The van der Waals surface area contributed by atoms with E-state index in [0.717, 1.165) is 13.2 Å². The van der Waals surface area contributed by atoms with Gasteiger partial charge in [0.2, 0.25) is 0 Å². The number of ether oxygens (including phenoxy) is 1. The van der Waals surface area contributed by atoms with Crippen LogP contribution in [0.4, 0.5) is 0 Å². The van der Waals surface area contributed by atoms with Crippen LogP contribution in [-0.4, -0.2) is 13.2 Å². The molecule has 0 aromatic carbocycles. The van der Waals surface area contributed by atoms with E-state index in [2.05, 4.69) is 6.92 Å². The molecule has 0 aliphatic carbocycles. The van der Waals surface area contributed by atoms with Crippen molar-refractivity contribution < 1.29 is 62.9 Å². The van der Waals surface area contributed by atoms with Gasteiger partial charge in [0.15, 0.2) is 0 Å². The van der Waals surface area contributed by atoms with Crippen LogP contribution in [0.5, 0.6) is 0 Å². The van der Waals surface area contributed by atoms with E-state index < -0.39 is 0 Å². The van der Waals surface area contributed by atoms with Gasteiger partial charge in [0.1, 0.15) is 0 Å². The van der Waals surface area contributed by atoms with E-state index in [1.54, 1.807) is 0 Å². The molecule has 1 aliphatic heterocycles. The van der Waals surface area contributed by atoms with E-state index in [1.165, 1.54) is 5.92 Å². The van der Waals surface area contributed by atoms with Gasteiger partial charge in [-0.1, -0.05) is 13.2 Å². The summed E-state index contributed by atoms with van der Waals surface area (Å²) in [6, 6.07) is 0. The van der Waals surface area contributed by atoms with Crippen LogP contribution in [0, 0.1) is 5.92 Å². The van der Waals surface area contributed by atoms with Gasteiger partial charge < -0.3 is 4.74 Å². The zero-order chi connectivity index (χ0) is 3.70. The van der Waals surface area contributed by atoms with Crippen LogP contribution in [0.1, 0.15) is 6.92 Å². The number of rotatable bonds is 0. The Morgan fingerprint density at radius 1 is 1.50 bits per heavy atom. The summed E-state index contributed by atoms with van der Waals surface area (Å²) in [4.78, 5) is 0. The zero-order valence-electron chi connectivity index (χ0n) is 4.32. The van der Waals surface area contributed by atoms with E-state index in [1.807, 2.05) is 0 Å². The summed E-state index contributed by atoms with van der Waals surface area (Å²) in [6.07, 6.45) is 0. The van der Waals surface area contributed by atoms with Crippen molar-refractivity contribution >= 4 is 0 Å². The van der Waals surface area contributed by atoms with E-state index in [4.69, 9.17) is 4.74 Å². The van der Waals surface area contributed by atoms with Gasteiger partial charge in [-0.15, -0.1) is 0 Å². The normalized spacial score (nSPS) is 21.5. The predicted octanol–water partition coefficient (Wildman–Crippen LogP) is -2.39. The monoisotopic (exact) mass is 156 g/mol. The van der Waals surface area contributed by atoms with Gasteiger partial charge in [-0.25, -0.2) is 0 Å². The third-order valence-electron chi connectivity index (χ3n) is 0.697. The molecular weight excluding hydrogens is 150 g/mol. The predicted molar refractivity (Wildman–Crippen MR) is 19.7 cm³/mol. The molecule has 0 unspecified atom stereocenters. The third-order valence-corrected chi connectivity index (χ3v) is 0.697. The van der Waals surface area contributed by atoms with Crippen molar-refractivity contribution in [3.63, 3.8) is 0 Å². The molecule has 6 heavy (non-hydrogen) atoms. The Bertz CT molecular complexity index is 34.5. The summed E-state index contributed by atoms with van der Waals surface area (Å²) in [5.41, 5.74) is 0. The molecule has 1 heterocycles. The quantitative estimate of drug-likeness (QED) is 0.356. The third kappa shape index (κ3) is 2.17. The van der Waals surface area contributed by atoms with E-state index >= 15 is 0 Å². The first-order chi connectivity index (χ1) is 2.39. The maximum Gasteiger partial charge on any atom is 1.00 e. The molecule has 1 rings (SSSR count). The first-order valence-corrected chi connectivity index (χ1v) is 1.78. The summed E-state index contributed by atoms with van der Waals surface area (Å²) in [6.45, 7) is 3.91. The molecule has 0 saturated carbocycles. The molecule has 0 spiro atoms. The Balaban J connectivity index is 0.000000250. The van der Waals surface area contributed by atoms with Crippen LogP contribution in [0.25, 0.3) is 0 Å².